The number of nitrogen functional groups attached to an aromatic ring is 1. The number of methoxy groups -OCH3 is 1. The molecule has 3 rings (SSSR count). The number of nitrogens with two attached hydrogens (primary N) is 1. The number of halogens is 1. The van der Waals surface area contributed by atoms with Gasteiger partial charge < -0.3 is 10.5 Å². The molecule has 0 saturated heterocycles. The fourth-order valence-corrected chi connectivity index (χ4v) is 3.22. The highest BCUT2D eigenvalue weighted by Gasteiger charge is 2.13. The van der Waals surface area contributed by atoms with Crippen LogP contribution >= 0.6 is 22.9 Å². The summed E-state index contributed by atoms with van der Waals surface area (Å²) in [5.41, 5.74) is 8.62. The van der Waals surface area contributed by atoms with Crippen LogP contribution in [-0.2, 0) is 0 Å². The van der Waals surface area contributed by atoms with Crippen molar-refractivity contribution in [2.45, 2.75) is 0 Å². The Morgan fingerprint density at radius 2 is 1.89 bits per heavy atom. The quantitative estimate of drug-likeness (QED) is 0.769. The summed E-state index contributed by atoms with van der Waals surface area (Å²) in [7, 11) is 1.61. The Bertz CT molecular complexity index is 754. The van der Waals surface area contributed by atoms with Gasteiger partial charge in [-0.2, -0.15) is 0 Å². The van der Waals surface area contributed by atoms with E-state index in [1.807, 2.05) is 36.4 Å². The summed E-state index contributed by atoms with van der Waals surface area (Å²) in [6.45, 7) is 0. The van der Waals surface area contributed by atoms with Gasteiger partial charge in [0.2, 0.25) is 0 Å². The molecule has 0 atom stereocenters. The molecule has 0 bridgehead atoms. The monoisotopic (exact) mass is 290 g/mol. The van der Waals surface area contributed by atoms with Crippen LogP contribution in [0.4, 0.5) is 5.13 Å². The number of nitrogens with zero attached hydrogens (tertiary/aromatic N) is 1. The van der Waals surface area contributed by atoms with Crippen LogP contribution in [0.1, 0.15) is 0 Å². The molecule has 0 amide bonds. The largest absolute Gasteiger partial charge is 0.495 e. The molecular formula is C14H11ClN2OS. The molecule has 19 heavy (non-hydrogen) atoms. The van der Waals surface area contributed by atoms with Crippen molar-refractivity contribution >= 4 is 38.3 Å². The molecule has 0 saturated carbocycles. The number of ether oxygens (including phenoxy) is 1. The van der Waals surface area contributed by atoms with Gasteiger partial charge in [-0.3, -0.25) is 0 Å². The van der Waals surface area contributed by atoms with Crippen LogP contribution in [0.5, 0.6) is 5.75 Å². The number of anilines is 1. The minimum Gasteiger partial charge on any atom is -0.495 e. The van der Waals surface area contributed by atoms with E-state index in [4.69, 9.17) is 22.1 Å². The van der Waals surface area contributed by atoms with Gasteiger partial charge in [0.1, 0.15) is 5.75 Å². The third-order valence-corrected chi connectivity index (χ3v) is 4.23. The zero-order valence-electron chi connectivity index (χ0n) is 10.2. The summed E-state index contributed by atoms with van der Waals surface area (Å²) in [6, 6.07) is 11.6. The van der Waals surface area contributed by atoms with Crippen LogP contribution in [-0.4, -0.2) is 12.1 Å². The molecule has 3 nitrogen and oxygen atoms in total. The number of hydrogen-bond acceptors (Lipinski definition) is 4. The molecule has 0 radical (unpaired) electrons. The highest BCUT2D eigenvalue weighted by Crippen LogP contribution is 2.40. The highest BCUT2D eigenvalue weighted by atomic mass is 35.5. The van der Waals surface area contributed by atoms with E-state index >= 15 is 0 Å². The molecule has 96 valence electrons. The number of benzene rings is 2. The van der Waals surface area contributed by atoms with Gasteiger partial charge in [0, 0.05) is 11.1 Å². The zero-order chi connectivity index (χ0) is 13.4. The van der Waals surface area contributed by atoms with Crippen LogP contribution in [0.3, 0.4) is 0 Å². The second kappa shape index (κ2) is 4.72. The predicted octanol–water partition coefficient (Wildman–Crippen LogP) is 4.21. The smallest absolute Gasteiger partial charge is 0.181 e. The maximum Gasteiger partial charge on any atom is 0.181 e. The van der Waals surface area contributed by atoms with Gasteiger partial charge in [0.15, 0.2) is 5.13 Å². The van der Waals surface area contributed by atoms with Crippen molar-refractivity contribution in [3.63, 3.8) is 0 Å². The molecule has 2 aromatic carbocycles. The second-order valence-corrected chi connectivity index (χ2v) is 5.44. The average Bonchev–Trinajstić information content (AvgIpc) is 2.79. The van der Waals surface area contributed by atoms with Gasteiger partial charge in [0.05, 0.1) is 22.3 Å². The first-order valence-corrected chi connectivity index (χ1v) is 6.88. The highest BCUT2D eigenvalue weighted by molar-refractivity contribution is 7.22. The summed E-state index contributed by atoms with van der Waals surface area (Å²) in [5, 5.41) is 1.16. The van der Waals surface area contributed by atoms with Crippen molar-refractivity contribution in [2.24, 2.45) is 0 Å². The van der Waals surface area contributed by atoms with E-state index in [0.29, 0.717) is 15.9 Å². The van der Waals surface area contributed by atoms with Crippen molar-refractivity contribution < 1.29 is 4.74 Å². The molecule has 1 aromatic heterocycles. The van der Waals surface area contributed by atoms with Crippen molar-refractivity contribution in [1.29, 1.82) is 0 Å². The number of fused-ring (bicyclic) bond motifs is 1. The molecular weight excluding hydrogens is 280 g/mol. The van der Waals surface area contributed by atoms with Gasteiger partial charge in [-0.05, 0) is 12.1 Å². The van der Waals surface area contributed by atoms with Crippen LogP contribution in [0.15, 0.2) is 36.4 Å². The Balaban J connectivity index is 2.30. The van der Waals surface area contributed by atoms with E-state index in [1.165, 1.54) is 11.3 Å². The summed E-state index contributed by atoms with van der Waals surface area (Å²) in [4.78, 5) is 4.29. The first-order valence-electron chi connectivity index (χ1n) is 5.68. The van der Waals surface area contributed by atoms with Crippen LogP contribution in [0.25, 0.3) is 21.3 Å². The standard InChI is InChI=1S/C14H11ClN2OS/c1-18-11-7-3-4-8(12(11)15)9-5-2-6-10-13(9)19-14(16)17-10/h2-7H,1H3,(H2,16,17). The lowest BCUT2D eigenvalue weighted by molar-refractivity contribution is 0.415. The summed E-state index contributed by atoms with van der Waals surface area (Å²) in [5.74, 6) is 0.661. The first kappa shape index (κ1) is 12.3. The zero-order valence-corrected chi connectivity index (χ0v) is 11.8. The molecule has 0 unspecified atom stereocenters. The Morgan fingerprint density at radius 1 is 1.16 bits per heavy atom. The third kappa shape index (κ3) is 2.03. The van der Waals surface area contributed by atoms with Gasteiger partial charge in [0.25, 0.3) is 0 Å². The molecule has 0 aliphatic carbocycles. The number of rotatable bonds is 2. The molecule has 1 heterocycles. The van der Waals surface area contributed by atoms with E-state index in [1.54, 1.807) is 7.11 Å². The van der Waals surface area contributed by atoms with E-state index < -0.39 is 0 Å². The lowest BCUT2D eigenvalue weighted by Gasteiger charge is -2.09. The molecule has 0 aliphatic rings. The molecule has 2 N–H and O–H groups in total. The summed E-state index contributed by atoms with van der Waals surface area (Å²) >= 11 is 7.84. The maximum absolute atomic E-state index is 6.38. The first-order chi connectivity index (χ1) is 9.20. The topological polar surface area (TPSA) is 48.1 Å². The van der Waals surface area contributed by atoms with Gasteiger partial charge in [-0.1, -0.05) is 47.2 Å². The van der Waals surface area contributed by atoms with Crippen LogP contribution in [0.2, 0.25) is 5.02 Å². The Kier molecular flexibility index (Phi) is 3.05. The van der Waals surface area contributed by atoms with Crippen molar-refractivity contribution in [3.05, 3.63) is 41.4 Å². The lowest BCUT2D eigenvalue weighted by atomic mass is 10.0. The van der Waals surface area contributed by atoms with Gasteiger partial charge in [-0.15, -0.1) is 0 Å². The Labute approximate surface area is 119 Å². The maximum atomic E-state index is 6.38. The fourth-order valence-electron chi connectivity index (χ4n) is 2.05. The Morgan fingerprint density at radius 3 is 2.68 bits per heavy atom. The minimum atomic E-state index is 0.557. The predicted molar refractivity (Wildman–Crippen MR) is 81.0 cm³/mol. The van der Waals surface area contributed by atoms with E-state index in [0.717, 1.165) is 21.3 Å². The summed E-state index contributed by atoms with van der Waals surface area (Å²) in [6.07, 6.45) is 0. The normalized spacial score (nSPS) is 10.8. The van der Waals surface area contributed by atoms with Gasteiger partial charge >= 0.3 is 0 Å². The molecule has 0 aliphatic heterocycles. The number of hydrogen-bond donors (Lipinski definition) is 1. The third-order valence-electron chi connectivity index (χ3n) is 2.90. The number of aromatic nitrogens is 1. The van der Waals surface area contributed by atoms with Crippen molar-refractivity contribution in [3.8, 4) is 16.9 Å². The Hall–Kier alpha value is -1.78. The van der Waals surface area contributed by atoms with Gasteiger partial charge in [-0.25, -0.2) is 4.98 Å². The van der Waals surface area contributed by atoms with Crippen LogP contribution in [0, 0.1) is 0 Å². The lowest BCUT2D eigenvalue weighted by Crippen LogP contribution is -1.87. The summed E-state index contributed by atoms with van der Waals surface area (Å²) < 4.78 is 6.29. The number of thiazole rings is 1. The fraction of sp³-hybridized carbons (Fsp3) is 0.0714. The molecule has 3 aromatic rings. The minimum absolute atomic E-state index is 0.557. The van der Waals surface area contributed by atoms with Crippen molar-refractivity contribution in [2.75, 3.05) is 12.8 Å². The van der Waals surface area contributed by atoms with E-state index in [2.05, 4.69) is 4.98 Å². The molecule has 0 fully saturated rings. The molecule has 5 heteroatoms. The average molecular weight is 291 g/mol. The molecule has 0 spiro atoms. The van der Waals surface area contributed by atoms with E-state index in [9.17, 15) is 0 Å². The SMILES string of the molecule is COc1cccc(-c2cccc3nc(N)sc23)c1Cl. The second-order valence-electron chi connectivity index (χ2n) is 4.03. The van der Waals surface area contributed by atoms with Crippen molar-refractivity contribution in [1.82, 2.24) is 4.98 Å². The van der Waals surface area contributed by atoms with Crippen LogP contribution < -0.4 is 10.5 Å². The van der Waals surface area contributed by atoms with E-state index in [-0.39, 0.29) is 0 Å².